The zero-order chi connectivity index (χ0) is 9.03. The molecule has 2 unspecified atom stereocenters. The molecule has 2 nitrogen and oxygen atoms in total. The summed E-state index contributed by atoms with van der Waals surface area (Å²) in [5.41, 5.74) is -0.533. The van der Waals surface area contributed by atoms with E-state index in [0.29, 0.717) is 6.61 Å². The monoisotopic (exact) mass is 172 g/mol. The first kappa shape index (κ1) is 10.0. The predicted octanol–water partition coefficient (Wildman–Crippen LogP) is 2.11. The molecule has 2 atom stereocenters. The smallest absolute Gasteiger partial charge is 0.0905 e. The van der Waals surface area contributed by atoms with Gasteiger partial charge in [0.1, 0.15) is 0 Å². The highest BCUT2D eigenvalue weighted by Gasteiger charge is 2.37. The van der Waals surface area contributed by atoms with Crippen LogP contribution in [-0.2, 0) is 4.74 Å². The maximum Gasteiger partial charge on any atom is 0.0905 e. The van der Waals surface area contributed by atoms with Gasteiger partial charge in [-0.05, 0) is 26.2 Å². The molecule has 1 aliphatic carbocycles. The Morgan fingerprint density at radius 2 is 2.17 bits per heavy atom. The highest BCUT2D eigenvalue weighted by molar-refractivity contribution is 4.89. The van der Waals surface area contributed by atoms with E-state index in [4.69, 9.17) is 4.74 Å². The van der Waals surface area contributed by atoms with Gasteiger partial charge in [-0.1, -0.05) is 19.8 Å². The SMILES string of the molecule is CCOC1CCCCC1(O)CC. The van der Waals surface area contributed by atoms with Gasteiger partial charge >= 0.3 is 0 Å². The first-order chi connectivity index (χ1) is 5.73. The Balaban J connectivity index is 2.53. The lowest BCUT2D eigenvalue weighted by Gasteiger charge is -2.38. The van der Waals surface area contributed by atoms with Gasteiger partial charge in [0.2, 0.25) is 0 Å². The van der Waals surface area contributed by atoms with Crippen molar-refractivity contribution in [2.75, 3.05) is 6.61 Å². The van der Waals surface area contributed by atoms with Crippen LogP contribution in [0.15, 0.2) is 0 Å². The summed E-state index contributed by atoms with van der Waals surface area (Å²) in [4.78, 5) is 0. The second-order valence-electron chi connectivity index (χ2n) is 3.65. The number of hydrogen-bond donors (Lipinski definition) is 1. The molecule has 0 spiro atoms. The molecule has 1 rings (SSSR count). The third kappa shape index (κ3) is 1.99. The van der Waals surface area contributed by atoms with Gasteiger partial charge in [0, 0.05) is 6.61 Å². The molecule has 1 saturated carbocycles. The molecule has 2 heteroatoms. The Morgan fingerprint density at radius 1 is 1.42 bits per heavy atom. The van der Waals surface area contributed by atoms with Crippen molar-refractivity contribution >= 4 is 0 Å². The molecule has 0 aliphatic heterocycles. The van der Waals surface area contributed by atoms with Crippen LogP contribution in [0.25, 0.3) is 0 Å². The molecule has 0 saturated heterocycles. The van der Waals surface area contributed by atoms with Crippen molar-refractivity contribution in [1.82, 2.24) is 0 Å². The maximum absolute atomic E-state index is 10.1. The van der Waals surface area contributed by atoms with Crippen LogP contribution < -0.4 is 0 Å². The van der Waals surface area contributed by atoms with E-state index in [0.717, 1.165) is 25.7 Å². The van der Waals surface area contributed by atoms with E-state index in [9.17, 15) is 5.11 Å². The molecule has 0 bridgehead atoms. The molecule has 12 heavy (non-hydrogen) atoms. The standard InChI is InChI=1S/C10H20O2/c1-3-10(11)8-6-5-7-9(10)12-4-2/h9,11H,3-8H2,1-2H3. The van der Waals surface area contributed by atoms with Gasteiger partial charge in [0.05, 0.1) is 11.7 Å². The summed E-state index contributed by atoms with van der Waals surface area (Å²) >= 11 is 0. The summed E-state index contributed by atoms with van der Waals surface area (Å²) in [5, 5.41) is 10.1. The predicted molar refractivity (Wildman–Crippen MR) is 49.1 cm³/mol. The van der Waals surface area contributed by atoms with Crippen molar-refractivity contribution in [3.63, 3.8) is 0 Å². The molecule has 0 radical (unpaired) electrons. The van der Waals surface area contributed by atoms with Gasteiger partial charge < -0.3 is 9.84 Å². The molecular weight excluding hydrogens is 152 g/mol. The summed E-state index contributed by atoms with van der Waals surface area (Å²) in [6, 6.07) is 0. The van der Waals surface area contributed by atoms with Crippen LogP contribution in [0.2, 0.25) is 0 Å². The molecular formula is C10H20O2. The van der Waals surface area contributed by atoms with Gasteiger partial charge in [0.25, 0.3) is 0 Å². The largest absolute Gasteiger partial charge is 0.387 e. The highest BCUT2D eigenvalue weighted by atomic mass is 16.5. The number of rotatable bonds is 3. The summed E-state index contributed by atoms with van der Waals surface area (Å²) in [6.45, 7) is 4.75. The van der Waals surface area contributed by atoms with Gasteiger partial charge in [-0.25, -0.2) is 0 Å². The topological polar surface area (TPSA) is 29.5 Å². The number of hydrogen-bond acceptors (Lipinski definition) is 2. The van der Waals surface area contributed by atoms with E-state index in [-0.39, 0.29) is 6.10 Å². The van der Waals surface area contributed by atoms with Crippen LogP contribution in [-0.4, -0.2) is 23.4 Å². The van der Waals surface area contributed by atoms with Crippen molar-refractivity contribution in [2.24, 2.45) is 0 Å². The average molecular weight is 172 g/mol. The van der Waals surface area contributed by atoms with E-state index < -0.39 is 5.60 Å². The lowest BCUT2D eigenvalue weighted by Crippen LogP contribution is -2.45. The third-order valence-corrected chi connectivity index (χ3v) is 2.91. The minimum Gasteiger partial charge on any atom is -0.387 e. The van der Waals surface area contributed by atoms with Gasteiger partial charge in [0.15, 0.2) is 0 Å². The minimum absolute atomic E-state index is 0.0845. The van der Waals surface area contributed by atoms with Crippen LogP contribution >= 0.6 is 0 Å². The Morgan fingerprint density at radius 3 is 2.75 bits per heavy atom. The van der Waals surface area contributed by atoms with E-state index in [1.54, 1.807) is 0 Å². The molecule has 1 fully saturated rings. The second kappa shape index (κ2) is 4.24. The van der Waals surface area contributed by atoms with Crippen LogP contribution in [0.5, 0.6) is 0 Å². The normalized spacial score (nSPS) is 36.8. The fourth-order valence-electron chi connectivity index (χ4n) is 2.03. The zero-order valence-corrected chi connectivity index (χ0v) is 8.18. The van der Waals surface area contributed by atoms with E-state index in [1.165, 1.54) is 6.42 Å². The number of ether oxygens (including phenoxy) is 1. The first-order valence-electron chi connectivity index (χ1n) is 5.07. The maximum atomic E-state index is 10.1. The quantitative estimate of drug-likeness (QED) is 0.706. The molecule has 0 aromatic carbocycles. The van der Waals surface area contributed by atoms with Crippen molar-refractivity contribution in [1.29, 1.82) is 0 Å². The second-order valence-corrected chi connectivity index (χ2v) is 3.65. The van der Waals surface area contributed by atoms with Crippen LogP contribution in [0.3, 0.4) is 0 Å². The highest BCUT2D eigenvalue weighted by Crippen LogP contribution is 2.33. The van der Waals surface area contributed by atoms with Crippen LogP contribution in [0.4, 0.5) is 0 Å². The van der Waals surface area contributed by atoms with Gasteiger partial charge in [-0.3, -0.25) is 0 Å². The van der Waals surface area contributed by atoms with E-state index in [2.05, 4.69) is 0 Å². The minimum atomic E-state index is -0.533. The van der Waals surface area contributed by atoms with Gasteiger partial charge in [-0.15, -0.1) is 0 Å². The number of aliphatic hydroxyl groups is 1. The van der Waals surface area contributed by atoms with E-state index in [1.807, 2.05) is 13.8 Å². The van der Waals surface area contributed by atoms with Crippen LogP contribution in [0.1, 0.15) is 46.0 Å². The Labute approximate surface area is 74.9 Å². The molecule has 1 aliphatic rings. The molecule has 72 valence electrons. The summed E-state index contributed by atoms with van der Waals surface area (Å²) in [6.07, 6.45) is 5.19. The molecule has 0 aromatic rings. The molecule has 0 aromatic heterocycles. The Bertz CT molecular complexity index is 134. The van der Waals surface area contributed by atoms with Crippen molar-refractivity contribution in [3.8, 4) is 0 Å². The average Bonchev–Trinajstić information content (AvgIpc) is 2.10. The Kier molecular flexibility index (Phi) is 3.53. The molecule has 1 N–H and O–H groups in total. The lowest BCUT2D eigenvalue weighted by molar-refractivity contribution is -0.130. The zero-order valence-electron chi connectivity index (χ0n) is 8.18. The van der Waals surface area contributed by atoms with Crippen LogP contribution in [0, 0.1) is 0 Å². The summed E-state index contributed by atoms with van der Waals surface area (Å²) < 4.78 is 5.54. The van der Waals surface area contributed by atoms with Gasteiger partial charge in [-0.2, -0.15) is 0 Å². The van der Waals surface area contributed by atoms with Crippen molar-refractivity contribution in [3.05, 3.63) is 0 Å². The van der Waals surface area contributed by atoms with E-state index >= 15 is 0 Å². The third-order valence-electron chi connectivity index (χ3n) is 2.91. The molecule has 0 amide bonds. The summed E-state index contributed by atoms with van der Waals surface area (Å²) in [7, 11) is 0. The van der Waals surface area contributed by atoms with Crippen molar-refractivity contribution < 1.29 is 9.84 Å². The molecule has 0 heterocycles. The first-order valence-corrected chi connectivity index (χ1v) is 5.07. The summed E-state index contributed by atoms with van der Waals surface area (Å²) in [5.74, 6) is 0. The fourth-order valence-corrected chi connectivity index (χ4v) is 2.03. The Hall–Kier alpha value is -0.0800. The van der Waals surface area contributed by atoms with Crippen molar-refractivity contribution in [2.45, 2.75) is 57.7 Å². The lowest BCUT2D eigenvalue weighted by atomic mass is 9.80. The fraction of sp³-hybridized carbons (Fsp3) is 1.00.